The second-order valence-corrected chi connectivity index (χ2v) is 3.98. The van der Waals surface area contributed by atoms with Gasteiger partial charge in [0.25, 0.3) is 0 Å². The Morgan fingerprint density at radius 1 is 1.64 bits per heavy atom. The van der Waals surface area contributed by atoms with Gasteiger partial charge in [-0.2, -0.15) is 5.10 Å². The third-order valence-electron chi connectivity index (χ3n) is 1.51. The largest absolute Gasteiger partial charge is 0.476 e. The van der Waals surface area contributed by atoms with E-state index in [1.165, 1.54) is 6.07 Å². The number of carbonyl (C=O) groups is 1. The van der Waals surface area contributed by atoms with Crippen molar-refractivity contribution in [2.75, 3.05) is 0 Å². The Balaban J connectivity index is 2.56. The van der Waals surface area contributed by atoms with Crippen LogP contribution in [-0.2, 0) is 11.3 Å². The molecule has 2 N–H and O–H groups in total. The molecule has 1 aromatic heterocycles. The molecular formula is C9H14N2O3. The van der Waals surface area contributed by atoms with Crippen LogP contribution in [0.2, 0.25) is 0 Å². The van der Waals surface area contributed by atoms with E-state index in [0.717, 1.165) is 0 Å². The normalized spacial score (nSPS) is 11.6. The first-order valence-electron chi connectivity index (χ1n) is 4.30. The zero-order chi connectivity index (χ0) is 10.8. The minimum atomic E-state index is -1.04. The molecule has 78 valence electrons. The summed E-state index contributed by atoms with van der Waals surface area (Å²) in [6.45, 7) is 6.13. The first-order valence-corrected chi connectivity index (χ1v) is 4.30. The first kappa shape index (κ1) is 10.7. The van der Waals surface area contributed by atoms with Gasteiger partial charge >= 0.3 is 5.97 Å². The second kappa shape index (κ2) is 3.79. The number of rotatable bonds is 3. The van der Waals surface area contributed by atoms with E-state index in [9.17, 15) is 4.79 Å². The standard InChI is InChI=1S/C9H14N2O3/c1-9(2,3)14-5-6-4-7(8(12)13)11-10-6/h4H,5H2,1-3H3,(H,10,11)(H,12,13). The average molecular weight is 198 g/mol. The number of aromatic nitrogens is 2. The Labute approximate surface area is 82.1 Å². The maximum atomic E-state index is 10.5. The summed E-state index contributed by atoms with van der Waals surface area (Å²) >= 11 is 0. The molecule has 0 amide bonds. The molecule has 0 bridgehead atoms. The van der Waals surface area contributed by atoms with Crippen LogP contribution in [0.1, 0.15) is 37.0 Å². The molecule has 1 heterocycles. The molecule has 0 aliphatic heterocycles. The predicted octanol–water partition coefficient (Wildman–Crippen LogP) is 1.42. The molecule has 5 nitrogen and oxygen atoms in total. The van der Waals surface area contributed by atoms with Crippen LogP contribution in [0, 0.1) is 0 Å². The summed E-state index contributed by atoms with van der Waals surface area (Å²) in [7, 11) is 0. The number of hydrogen-bond donors (Lipinski definition) is 2. The maximum Gasteiger partial charge on any atom is 0.356 e. The maximum absolute atomic E-state index is 10.5. The fourth-order valence-corrected chi connectivity index (χ4v) is 0.839. The molecule has 5 heteroatoms. The fourth-order valence-electron chi connectivity index (χ4n) is 0.839. The molecule has 0 unspecified atom stereocenters. The van der Waals surface area contributed by atoms with Gasteiger partial charge in [0.1, 0.15) is 0 Å². The lowest BCUT2D eigenvalue weighted by Gasteiger charge is -2.18. The number of aromatic amines is 1. The Hall–Kier alpha value is -1.36. The minimum Gasteiger partial charge on any atom is -0.476 e. The topological polar surface area (TPSA) is 75.2 Å². The number of nitrogens with one attached hydrogen (secondary N) is 1. The van der Waals surface area contributed by atoms with E-state index >= 15 is 0 Å². The molecule has 0 aromatic carbocycles. The van der Waals surface area contributed by atoms with Crippen molar-refractivity contribution in [3.8, 4) is 0 Å². The second-order valence-electron chi connectivity index (χ2n) is 3.98. The highest BCUT2D eigenvalue weighted by molar-refractivity contribution is 5.85. The lowest BCUT2D eigenvalue weighted by Crippen LogP contribution is -2.18. The number of hydrogen-bond acceptors (Lipinski definition) is 3. The molecule has 14 heavy (non-hydrogen) atoms. The van der Waals surface area contributed by atoms with Gasteiger partial charge in [0.05, 0.1) is 17.9 Å². The number of aromatic carboxylic acids is 1. The van der Waals surface area contributed by atoms with Crippen molar-refractivity contribution in [3.63, 3.8) is 0 Å². The third-order valence-corrected chi connectivity index (χ3v) is 1.51. The number of carboxylic acids is 1. The molecule has 1 aromatic rings. The van der Waals surface area contributed by atoms with Crippen molar-refractivity contribution in [3.05, 3.63) is 17.5 Å². The van der Waals surface area contributed by atoms with Crippen molar-refractivity contribution < 1.29 is 14.6 Å². The van der Waals surface area contributed by atoms with E-state index in [2.05, 4.69) is 10.2 Å². The zero-order valence-corrected chi connectivity index (χ0v) is 8.50. The van der Waals surface area contributed by atoms with E-state index < -0.39 is 5.97 Å². The molecule has 0 aliphatic rings. The lowest BCUT2D eigenvalue weighted by atomic mass is 10.2. The van der Waals surface area contributed by atoms with Crippen LogP contribution in [-0.4, -0.2) is 26.9 Å². The molecular weight excluding hydrogens is 184 g/mol. The van der Waals surface area contributed by atoms with Crippen LogP contribution < -0.4 is 0 Å². The van der Waals surface area contributed by atoms with Crippen LogP contribution in [0.15, 0.2) is 6.07 Å². The Bertz CT molecular complexity index is 325. The van der Waals surface area contributed by atoms with Crippen molar-refractivity contribution >= 4 is 5.97 Å². The van der Waals surface area contributed by atoms with Crippen LogP contribution >= 0.6 is 0 Å². The van der Waals surface area contributed by atoms with Gasteiger partial charge in [0.15, 0.2) is 5.69 Å². The Morgan fingerprint density at radius 2 is 2.29 bits per heavy atom. The SMILES string of the molecule is CC(C)(C)OCc1cc(C(=O)O)n[nH]1. The van der Waals surface area contributed by atoms with Crippen molar-refractivity contribution in [2.24, 2.45) is 0 Å². The molecule has 0 fully saturated rings. The molecule has 1 rings (SSSR count). The van der Waals surface area contributed by atoms with Crippen LogP contribution in [0.4, 0.5) is 0 Å². The van der Waals surface area contributed by atoms with E-state index in [1.54, 1.807) is 0 Å². The fraction of sp³-hybridized carbons (Fsp3) is 0.556. The van der Waals surface area contributed by atoms with E-state index in [4.69, 9.17) is 9.84 Å². The monoisotopic (exact) mass is 198 g/mol. The van der Waals surface area contributed by atoms with Gasteiger partial charge in [-0.1, -0.05) is 0 Å². The van der Waals surface area contributed by atoms with Crippen LogP contribution in [0.5, 0.6) is 0 Å². The number of H-pyrrole nitrogens is 1. The highest BCUT2D eigenvalue weighted by Crippen LogP contribution is 2.10. The van der Waals surface area contributed by atoms with E-state index in [1.807, 2.05) is 20.8 Å². The molecule has 0 saturated heterocycles. The quantitative estimate of drug-likeness (QED) is 0.770. The average Bonchev–Trinajstić information content (AvgIpc) is 2.47. The number of nitrogens with zero attached hydrogens (tertiary/aromatic N) is 1. The first-order chi connectivity index (χ1) is 6.38. The van der Waals surface area contributed by atoms with Gasteiger partial charge in [0, 0.05) is 0 Å². The number of ether oxygens (including phenoxy) is 1. The minimum absolute atomic E-state index is 0.0116. The molecule has 0 aliphatic carbocycles. The smallest absolute Gasteiger partial charge is 0.356 e. The lowest BCUT2D eigenvalue weighted by molar-refractivity contribution is -0.0164. The van der Waals surface area contributed by atoms with Crippen LogP contribution in [0.25, 0.3) is 0 Å². The summed E-state index contributed by atoms with van der Waals surface area (Å²) in [6.07, 6.45) is 0. The molecule has 0 spiro atoms. The molecule has 0 saturated carbocycles. The van der Waals surface area contributed by atoms with Crippen molar-refractivity contribution in [1.82, 2.24) is 10.2 Å². The molecule has 0 atom stereocenters. The summed E-state index contributed by atoms with van der Waals surface area (Å²) in [6, 6.07) is 1.47. The highest BCUT2D eigenvalue weighted by Gasteiger charge is 2.12. The van der Waals surface area contributed by atoms with Gasteiger partial charge in [-0.15, -0.1) is 0 Å². The zero-order valence-electron chi connectivity index (χ0n) is 8.50. The number of carboxylic acid groups (broad SMARTS) is 1. The van der Waals surface area contributed by atoms with Crippen molar-refractivity contribution in [2.45, 2.75) is 33.0 Å². The Morgan fingerprint density at radius 3 is 2.71 bits per heavy atom. The summed E-state index contributed by atoms with van der Waals surface area (Å²) in [5.74, 6) is -1.04. The summed E-state index contributed by atoms with van der Waals surface area (Å²) in [5.41, 5.74) is 0.434. The summed E-state index contributed by atoms with van der Waals surface area (Å²) in [5, 5.41) is 14.8. The highest BCUT2D eigenvalue weighted by atomic mass is 16.5. The van der Waals surface area contributed by atoms with E-state index in [-0.39, 0.29) is 11.3 Å². The predicted molar refractivity (Wildman–Crippen MR) is 50.1 cm³/mol. The van der Waals surface area contributed by atoms with Gasteiger partial charge in [-0.05, 0) is 26.8 Å². The van der Waals surface area contributed by atoms with E-state index in [0.29, 0.717) is 12.3 Å². The van der Waals surface area contributed by atoms with Crippen molar-refractivity contribution in [1.29, 1.82) is 0 Å². The van der Waals surface area contributed by atoms with Gasteiger partial charge in [-0.25, -0.2) is 4.79 Å². The van der Waals surface area contributed by atoms with Crippen LogP contribution in [0.3, 0.4) is 0 Å². The Kier molecular flexibility index (Phi) is 2.90. The van der Waals surface area contributed by atoms with Gasteiger partial charge < -0.3 is 9.84 Å². The van der Waals surface area contributed by atoms with Gasteiger partial charge in [-0.3, -0.25) is 5.10 Å². The molecule has 0 radical (unpaired) electrons. The summed E-state index contributed by atoms with van der Waals surface area (Å²) in [4.78, 5) is 10.5. The van der Waals surface area contributed by atoms with Gasteiger partial charge in [0.2, 0.25) is 0 Å². The summed E-state index contributed by atoms with van der Waals surface area (Å²) < 4.78 is 5.44. The third kappa shape index (κ3) is 3.18.